The van der Waals surface area contributed by atoms with E-state index in [2.05, 4.69) is 378 Å². The number of nitrogens with zero attached hydrogens (tertiary/aromatic N) is 3. The SMILES string of the molecule is c1ccc(-c2ccc(N3c4cc([Si](c5ccccc5)(c5ccccc5)c5ccccc5)ccc4B4c5ccccc5N(c5cccc([Si](c6ccccc6)(c6ccccc6)c6ccccc6)c5)c5cc(-n6c7ccccc7c7ccccc76)cc3c54)cc2)cc1. The summed E-state index contributed by atoms with van der Waals surface area (Å²) in [5, 5.41) is 13.1. The second-order valence-corrected chi connectivity index (χ2v) is 31.5. The predicted molar refractivity (Wildman–Crippen MR) is 387 cm³/mol. The van der Waals surface area contributed by atoms with E-state index in [9.17, 15) is 0 Å². The third-order valence-electron chi connectivity index (χ3n) is 19.2. The molecule has 0 saturated carbocycles. The molecule has 1 aromatic heterocycles. The number of fused-ring (bicyclic) bond motifs is 7. The number of hydrogen-bond donors (Lipinski definition) is 0. The standard InChI is InChI=1S/C84H60BN3Si2/c1-8-29-61(30-9-1)62-51-53-63(54-52-62)86-81-60-73(90(69-38-16-5-17-39-69,70-40-18-6-19-41-70)71-42-20-7-21-43-71)55-56-77(81)85-76-47-24-27-50-80(76)87(83-59-65(58-82(86)84(83)85)88-78-48-25-22-45-74(78)75-46-23-26-49-79(75)88)64-31-28-44-72(57-64)89(66-32-10-2-11-33-66,67-34-12-3-13-35-67)68-36-14-4-15-37-68/h1-60H. The molecule has 2 aliphatic heterocycles. The Balaban J connectivity index is 0.986. The summed E-state index contributed by atoms with van der Waals surface area (Å²) in [5.41, 5.74) is 16.4. The number of benzene rings is 14. The molecule has 0 spiro atoms. The highest BCUT2D eigenvalue weighted by Gasteiger charge is 2.48. The van der Waals surface area contributed by atoms with Crippen molar-refractivity contribution >= 4 is 137 Å². The topological polar surface area (TPSA) is 11.4 Å². The molecule has 0 saturated heterocycles. The highest BCUT2D eigenvalue weighted by Crippen LogP contribution is 2.46. The highest BCUT2D eigenvalue weighted by molar-refractivity contribution is 7.20. The van der Waals surface area contributed by atoms with Crippen LogP contribution in [0.1, 0.15) is 0 Å². The summed E-state index contributed by atoms with van der Waals surface area (Å²) in [7, 11) is -6.01. The van der Waals surface area contributed by atoms with Gasteiger partial charge in [0.1, 0.15) is 0 Å². The molecule has 0 atom stereocenters. The van der Waals surface area contributed by atoms with E-state index in [0.29, 0.717) is 0 Å². The fourth-order valence-electron chi connectivity index (χ4n) is 15.5. The summed E-state index contributed by atoms with van der Waals surface area (Å²) in [6, 6.07) is 138. The minimum atomic E-state index is -3.04. The third-order valence-corrected chi connectivity index (χ3v) is 28.8. The molecule has 0 aliphatic carbocycles. The molecule has 14 aromatic carbocycles. The Labute approximate surface area is 528 Å². The molecule has 0 unspecified atom stereocenters. The van der Waals surface area contributed by atoms with E-state index in [-0.39, 0.29) is 6.71 Å². The molecule has 0 fully saturated rings. The minimum absolute atomic E-state index is 0.130. The van der Waals surface area contributed by atoms with Crippen LogP contribution in [-0.4, -0.2) is 27.4 Å². The van der Waals surface area contributed by atoms with Crippen LogP contribution in [0.2, 0.25) is 0 Å². The van der Waals surface area contributed by atoms with Crippen LogP contribution in [-0.2, 0) is 0 Å². The maximum Gasteiger partial charge on any atom is 0.252 e. The minimum Gasteiger partial charge on any atom is -0.311 e. The van der Waals surface area contributed by atoms with Crippen molar-refractivity contribution in [1.29, 1.82) is 0 Å². The largest absolute Gasteiger partial charge is 0.311 e. The van der Waals surface area contributed by atoms with Gasteiger partial charge in [-0.3, -0.25) is 0 Å². The fourth-order valence-corrected chi connectivity index (χ4v) is 25.0. The van der Waals surface area contributed by atoms with Gasteiger partial charge in [-0.05, 0) is 130 Å². The number of aromatic nitrogens is 1. The fraction of sp³-hybridized carbons (Fsp3) is 0. The molecule has 0 radical (unpaired) electrons. The lowest BCUT2D eigenvalue weighted by molar-refractivity contribution is 1.16. The van der Waals surface area contributed by atoms with Crippen LogP contribution in [0, 0.1) is 0 Å². The number of para-hydroxylation sites is 3. The van der Waals surface area contributed by atoms with Gasteiger partial charge in [0, 0.05) is 44.9 Å². The predicted octanol–water partition coefficient (Wildman–Crippen LogP) is 13.3. The van der Waals surface area contributed by atoms with Gasteiger partial charge in [-0.25, -0.2) is 0 Å². The van der Waals surface area contributed by atoms with Crippen molar-refractivity contribution in [3.05, 3.63) is 364 Å². The summed E-state index contributed by atoms with van der Waals surface area (Å²) in [5.74, 6) is 0. The molecular weight excluding hydrogens is 1120 g/mol. The van der Waals surface area contributed by atoms with Crippen molar-refractivity contribution in [2.24, 2.45) is 0 Å². The lowest BCUT2D eigenvalue weighted by Gasteiger charge is -2.45. The second-order valence-electron chi connectivity index (χ2n) is 23.9. The van der Waals surface area contributed by atoms with Crippen LogP contribution in [0.3, 0.4) is 0 Å². The van der Waals surface area contributed by atoms with Crippen molar-refractivity contribution in [2.75, 3.05) is 9.80 Å². The summed E-state index contributed by atoms with van der Waals surface area (Å²) < 4.78 is 2.52. The first-order chi connectivity index (χ1) is 44.7. The molecule has 3 nitrogen and oxygen atoms in total. The van der Waals surface area contributed by atoms with Gasteiger partial charge in [0.15, 0.2) is 16.1 Å². The van der Waals surface area contributed by atoms with E-state index in [1.807, 2.05) is 0 Å². The van der Waals surface area contributed by atoms with Crippen molar-refractivity contribution in [2.45, 2.75) is 0 Å². The Bertz CT molecular complexity index is 4880. The van der Waals surface area contributed by atoms with Crippen LogP contribution < -0.4 is 67.7 Å². The van der Waals surface area contributed by atoms with Gasteiger partial charge in [0.2, 0.25) is 0 Å². The van der Waals surface area contributed by atoms with E-state index in [1.165, 1.54) is 91.2 Å². The Morgan fingerprint density at radius 2 is 0.600 bits per heavy atom. The van der Waals surface area contributed by atoms with Gasteiger partial charge in [-0.1, -0.05) is 303 Å². The molecule has 3 heterocycles. The van der Waals surface area contributed by atoms with Crippen molar-refractivity contribution in [1.82, 2.24) is 4.57 Å². The van der Waals surface area contributed by atoms with Gasteiger partial charge >= 0.3 is 0 Å². The van der Waals surface area contributed by atoms with Crippen LogP contribution in [0.5, 0.6) is 0 Å². The Morgan fingerprint density at radius 3 is 1.09 bits per heavy atom. The molecule has 0 N–H and O–H groups in total. The maximum atomic E-state index is 2.63. The van der Waals surface area contributed by atoms with E-state index >= 15 is 0 Å². The molecule has 422 valence electrons. The second kappa shape index (κ2) is 22.0. The van der Waals surface area contributed by atoms with Gasteiger partial charge < -0.3 is 14.4 Å². The molecule has 0 amide bonds. The first-order valence-corrected chi connectivity index (χ1v) is 35.3. The lowest BCUT2D eigenvalue weighted by atomic mass is 9.33. The molecule has 6 heteroatoms. The third kappa shape index (κ3) is 8.33. The summed E-state index contributed by atoms with van der Waals surface area (Å²) in [6.45, 7) is -0.130. The Kier molecular flexibility index (Phi) is 13.0. The smallest absolute Gasteiger partial charge is 0.252 e. The molecular formula is C84H60BN3Si2. The van der Waals surface area contributed by atoms with Gasteiger partial charge in [0.05, 0.1) is 16.7 Å². The van der Waals surface area contributed by atoms with Gasteiger partial charge in [0.25, 0.3) is 6.71 Å². The zero-order chi connectivity index (χ0) is 59.6. The normalized spacial score (nSPS) is 12.6. The zero-order valence-electron chi connectivity index (χ0n) is 49.6. The molecule has 0 bridgehead atoms. The number of hydrogen-bond acceptors (Lipinski definition) is 2. The first kappa shape index (κ1) is 53.2. The zero-order valence-corrected chi connectivity index (χ0v) is 51.6. The summed E-state index contributed by atoms with van der Waals surface area (Å²) in [4.78, 5) is 5.24. The molecule has 90 heavy (non-hydrogen) atoms. The van der Waals surface area contributed by atoms with Crippen LogP contribution in [0.25, 0.3) is 38.6 Å². The van der Waals surface area contributed by atoms with E-state index < -0.39 is 16.1 Å². The van der Waals surface area contributed by atoms with E-state index in [4.69, 9.17) is 0 Å². The quantitative estimate of drug-likeness (QED) is 0.0892. The van der Waals surface area contributed by atoms with Crippen LogP contribution in [0.15, 0.2) is 364 Å². The highest BCUT2D eigenvalue weighted by atomic mass is 28.3. The maximum absolute atomic E-state index is 3.04. The summed E-state index contributed by atoms with van der Waals surface area (Å²) in [6.07, 6.45) is 0. The van der Waals surface area contributed by atoms with E-state index in [0.717, 1.165) is 39.5 Å². The average Bonchev–Trinajstić information content (AvgIpc) is 0.743. The van der Waals surface area contributed by atoms with Crippen molar-refractivity contribution in [3.8, 4) is 16.8 Å². The first-order valence-electron chi connectivity index (χ1n) is 31.3. The van der Waals surface area contributed by atoms with Gasteiger partial charge in [-0.15, -0.1) is 0 Å². The molecule has 17 rings (SSSR count). The number of rotatable bonds is 12. The van der Waals surface area contributed by atoms with E-state index in [1.54, 1.807) is 0 Å². The number of anilines is 6. The van der Waals surface area contributed by atoms with Crippen LogP contribution in [0.4, 0.5) is 34.1 Å². The Morgan fingerprint density at radius 1 is 0.222 bits per heavy atom. The molecule has 15 aromatic rings. The van der Waals surface area contributed by atoms with Crippen molar-refractivity contribution < 1.29 is 0 Å². The average molecular weight is 1180 g/mol. The monoisotopic (exact) mass is 1180 g/mol. The van der Waals surface area contributed by atoms with Crippen LogP contribution >= 0.6 is 0 Å². The van der Waals surface area contributed by atoms with Crippen molar-refractivity contribution in [3.63, 3.8) is 0 Å². The Hall–Kier alpha value is -11.0. The molecule has 2 aliphatic rings. The lowest BCUT2D eigenvalue weighted by Crippen LogP contribution is -2.75. The summed E-state index contributed by atoms with van der Waals surface area (Å²) >= 11 is 0. The van der Waals surface area contributed by atoms with Gasteiger partial charge in [-0.2, -0.15) is 0 Å².